The maximum atomic E-state index is 14.3. The molecule has 0 atom stereocenters. The molecule has 0 saturated carbocycles. The number of rotatable bonds is 8. The minimum absolute atomic E-state index is 0.0145. The van der Waals surface area contributed by atoms with E-state index in [4.69, 9.17) is 34.9 Å². The van der Waals surface area contributed by atoms with Crippen LogP contribution in [-0.2, 0) is 13.0 Å². The van der Waals surface area contributed by atoms with E-state index < -0.39 is 131 Å². The van der Waals surface area contributed by atoms with Gasteiger partial charge in [0.15, 0.2) is 0 Å². The smallest absolute Gasteiger partial charge is 0.318 e. The van der Waals surface area contributed by atoms with Crippen LogP contribution in [0.5, 0.6) is 5.75 Å². The number of nitrogens with zero attached hydrogens (tertiary/aromatic N) is 2. The molecule has 5 nitrogen and oxygen atoms in total. The van der Waals surface area contributed by atoms with Gasteiger partial charge >= 0.3 is 6.03 Å². The van der Waals surface area contributed by atoms with Gasteiger partial charge in [-0.1, -0.05) is 37.9 Å². The van der Waals surface area contributed by atoms with E-state index in [0.717, 1.165) is 24.3 Å². The van der Waals surface area contributed by atoms with Crippen LogP contribution in [0.15, 0.2) is 48.4 Å². The number of piperidine rings is 1. The first-order valence-electron chi connectivity index (χ1n) is 20.0. The fourth-order valence-electron chi connectivity index (χ4n) is 2.59. The van der Waals surface area contributed by atoms with Gasteiger partial charge in [0.05, 0.1) is 17.5 Å². The molecule has 0 aromatic heterocycles. The SMILES string of the molecule is [2H]c1c([2H])c(CN(C(=O)NC([2H])([2H])c2ccc(OC([2H])([2H])C([2H])(C([2H])([2H])[2H])C([2H])([2H])[2H])cc2)C2CC([2H])([2H])N(C([2H])([2H])[2H])C([2H])([2H])C2)c([2H])c([2H])c1F. The number of amides is 2. The van der Waals surface area contributed by atoms with E-state index in [9.17, 15) is 9.18 Å². The van der Waals surface area contributed by atoms with E-state index in [-0.39, 0.29) is 4.90 Å². The molecule has 1 fully saturated rings. The molecular weight excluding hydrogens is 393 g/mol. The Hall–Kier alpha value is -2.60. The monoisotopic (exact) mass is 449 g/mol. The maximum absolute atomic E-state index is 14.3. The molecule has 1 aliphatic heterocycles. The summed E-state index contributed by atoms with van der Waals surface area (Å²) in [4.78, 5) is 14.4. The maximum Gasteiger partial charge on any atom is 0.318 e. The second-order valence-corrected chi connectivity index (χ2v) is 6.29. The summed E-state index contributed by atoms with van der Waals surface area (Å²) in [7, 11) is 0. The average Bonchev–Trinajstić information content (AvgIpc) is 2.95. The summed E-state index contributed by atoms with van der Waals surface area (Å²) < 4.78 is 194. The normalized spacial score (nSPS) is 31.3. The first-order valence-corrected chi connectivity index (χ1v) is 8.97. The Bertz CT molecular complexity index is 1630. The fourth-order valence-corrected chi connectivity index (χ4v) is 2.59. The molecule has 1 saturated heterocycles. The summed E-state index contributed by atoms with van der Waals surface area (Å²) in [5.41, 5.74) is -1.04. The van der Waals surface area contributed by atoms with Crippen molar-refractivity contribution in [2.24, 2.45) is 5.89 Å². The predicted octanol–water partition coefficient (Wildman–Crippen LogP) is 4.67. The number of carbonyl (C=O) groups is 1. The number of nitrogens with one attached hydrogen (secondary N) is 1. The number of halogens is 1. The Morgan fingerprint density at radius 3 is 2.68 bits per heavy atom. The molecule has 2 aromatic rings. The molecule has 0 spiro atoms. The lowest BCUT2D eigenvalue weighted by Gasteiger charge is -2.37. The van der Waals surface area contributed by atoms with Crippen LogP contribution in [0.2, 0.25) is 0 Å². The van der Waals surface area contributed by atoms with Gasteiger partial charge in [0, 0.05) is 38.3 Å². The van der Waals surface area contributed by atoms with Crippen molar-refractivity contribution in [1.82, 2.24) is 15.1 Å². The highest BCUT2D eigenvalue weighted by molar-refractivity contribution is 5.74. The van der Waals surface area contributed by atoms with Crippen molar-refractivity contribution < 1.29 is 44.1 Å². The zero-order valence-corrected chi connectivity index (χ0v) is 16.1. The third-order valence-electron chi connectivity index (χ3n) is 4.09. The summed E-state index contributed by atoms with van der Waals surface area (Å²) in [6.07, 6.45) is -1.83. The highest BCUT2D eigenvalue weighted by Gasteiger charge is 2.27. The Kier molecular flexibility index (Phi) is 2.79. The number of urea groups is 1. The lowest BCUT2D eigenvalue weighted by molar-refractivity contribution is 0.127. The molecule has 3 rings (SSSR count). The molecule has 31 heavy (non-hydrogen) atoms. The molecule has 0 radical (unpaired) electrons. The predicted molar refractivity (Wildman–Crippen MR) is 121 cm³/mol. The molecule has 1 N–H and O–H groups in total. The Morgan fingerprint density at radius 1 is 1.32 bits per heavy atom. The van der Waals surface area contributed by atoms with Crippen LogP contribution >= 0.6 is 0 Å². The topological polar surface area (TPSA) is 44.8 Å². The van der Waals surface area contributed by atoms with Crippen molar-refractivity contribution in [2.75, 3.05) is 26.5 Å². The van der Waals surface area contributed by atoms with Crippen molar-refractivity contribution in [3.05, 3.63) is 65.4 Å². The summed E-state index contributed by atoms with van der Waals surface area (Å²) in [6, 6.07) is -3.74. The van der Waals surface area contributed by atoms with Gasteiger partial charge in [-0.3, -0.25) is 0 Å². The number of hydrogen-bond acceptors (Lipinski definition) is 3. The Labute approximate surface area is 216 Å². The van der Waals surface area contributed by atoms with Gasteiger partial charge < -0.3 is 19.9 Å². The van der Waals surface area contributed by atoms with Crippen LogP contribution in [0, 0.1) is 11.7 Å². The van der Waals surface area contributed by atoms with E-state index in [1.807, 2.05) is 5.32 Å². The molecule has 0 unspecified atom stereocenters. The van der Waals surface area contributed by atoms with Gasteiger partial charge in [0.1, 0.15) is 11.6 Å². The lowest BCUT2D eigenvalue weighted by atomic mass is 10.0. The first-order chi connectivity index (χ1) is 23.5. The van der Waals surface area contributed by atoms with Crippen molar-refractivity contribution in [2.45, 2.75) is 45.6 Å². The quantitative estimate of drug-likeness (QED) is 0.637. The highest BCUT2D eigenvalue weighted by atomic mass is 19.1. The third-order valence-corrected chi connectivity index (χ3v) is 4.09. The molecule has 2 aromatic carbocycles. The summed E-state index contributed by atoms with van der Waals surface area (Å²) in [6.45, 7) is -24.3. The standard InChI is InChI=1S/C25H34FN3O2/c1-19(2)18-31-24-10-6-20(7-11-24)16-27-25(30)29(23-12-14-28(3)15-13-23)17-21-4-8-22(26)9-5-21/h4-11,19,23H,12-18H2,1-3H3,(H,27,30)/i1D3,2D3,3D3,4D,5D,8D,9D,14D2,15D2,16D2,18D2,19D. The number of ether oxygens (including phenoxy) is 1. The Morgan fingerprint density at radius 2 is 2.03 bits per heavy atom. The van der Waals surface area contributed by atoms with Crippen molar-refractivity contribution in [3.8, 4) is 5.75 Å². The van der Waals surface area contributed by atoms with Crippen LogP contribution in [0.4, 0.5) is 9.18 Å². The average molecular weight is 450 g/mol. The highest BCUT2D eigenvalue weighted by Crippen LogP contribution is 2.19. The summed E-state index contributed by atoms with van der Waals surface area (Å²) in [5.74, 6) is -5.87. The third kappa shape index (κ3) is 7.24. The van der Waals surface area contributed by atoms with Gasteiger partial charge in [-0.15, -0.1) is 0 Å². The molecule has 1 heterocycles. The number of carbonyl (C=O) groups excluding carboxylic acids is 1. The van der Waals surface area contributed by atoms with Crippen molar-refractivity contribution in [1.29, 1.82) is 0 Å². The van der Waals surface area contributed by atoms with E-state index in [1.54, 1.807) is 0 Å². The van der Waals surface area contributed by atoms with Crippen molar-refractivity contribution in [3.63, 3.8) is 0 Å². The number of hydrogen-bond donors (Lipinski definition) is 1. The van der Waals surface area contributed by atoms with Gasteiger partial charge in [-0.05, 0) is 74.0 Å². The largest absolute Gasteiger partial charge is 0.493 e. The van der Waals surface area contributed by atoms with E-state index >= 15 is 0 Å². The van der Waals surface area contributed by atoms with Gasteiger partial charge in [-0.25, -0.2) is 9.18 Å². The molecular formula is C25H34FN3O2. The number of benzene rings is 2. The number of likely N-dealkylation sites (tertiary alicyclic amines) is 1. The minimum atomic E-state index is -3.79. The Balaban J connectivity index is 2.03. The molecule has 6 heteroatoms. The minimum Gasteiger partial charge on any atom is -0.493 e. The molecule has 1 aliphatic rings. The van der Waals surface area contributed by atoms with Gasteiger partial charge in [0.25, 0.3) is 0 Å². The van der Waals surface area contributed by atoms with E-state index in [2.05, 4.69) is 0 Å². The van der Waals surface area contributed by atoms with Crippen LogP contribution in [0.25, 0.3) is 0 Å². The zero-order chi connectivity index (χ0) is 41.3. The lowest BCUT2D eigenvalue weighted by Crippen LogP contribution is -2.49. The first kappa shape index (κ1) is 7.77. The fraction of sp³-hybridized carbons (Fsp3) is 0.480. The molecule has 2 amide bonds. The van der Waals surface area contributed by atoms with Crippen LogP contribution in [-0.4, -0.2) is 48.4 Å². The van der Waals surface area contributed by atoms with Crippen LogP contribution < -0.4 is 10.1 Å². The second-order valence-electron chi connectivity index (χ2n) is 6.29. The van der Waals surface area contributed by atoms with Crippen LogP contribution in [0.3, 0.4) is 0 Å². The van der Waals surface area contributed by atoms with E-state index in [1.165, 1.54) is 0 Å². The summed E-state index contributed by atoms with van der Waals surface area (Å²) in [5, 5.41) is 1.96. The zero-order valence-electron chi connectivity index (χ0n) is 38.1. The second kappa shape index (κ2) is 11.1. The van der Waals surface area contributed by atoms with Crippen LogP contribution in [0.1, 0.15) is 67.8 Å². The summed E-state index contributed by atoms with van der Waals surface area (Å²) >= 11 is 0. The van der Waals surface area contributed by atoms with Crippen molar-refractivity contribution >= 4 is 6.03 Å². The molecule has 0 aliphatic carbocycles. The van der Waals surface area contributed by atoms with E-state index in [0.29, 0.717) is 4.90 Å². The van der Waals surface area contributed by atoms with Gasteiger partial charge in [-0.2, -0.15) is 0 Å². The van der Waals surface area contributed by atoms with Gasteiger partial charge in [0.2, 0.25) is 0 Å². The molecule has 0 bridgehead atoms. The molecule has 168 valence electrons.